The molecule has 5 nitrogen and oxygen atoms in total. The maximum Gasteiger partial charge on any atom is 0.257 e. The van der Waals surface area contributed by atoms with Gasteiger partial charge in [-0.05, 0) is 36.0 Å². The fourth-order valence-corrected chi connectivity index (χ4v) is 3.28. The van der Waals surface area contributed by atoms with E-state index in [9.17, 15) is 4.79 Å². The monoisotopic (exact) mass is 325 g/mol. The zero-order valence-corrected chi connectivity index (χ0v) is 14.5. The minimum Gasteiger partial charge on any atom is -0.339 e. The van der Waals surface area contributed by atoms with Gasteiger partial charge >= 0.3 is 0 Å². The molecule has 0 radical (unpaired) electrons. The van der Waals surface area contributed by atoms with Crippen molar-refractivity contribution < 1.29 is 9.32 Å². The predicted octanol–water partition coefficient (Wildman–Crippen LogP) is 3.51. The highest BCUT2D eigenvalue weighted by atomic mass is 16.5. The topological polar surface area (TPSA) is 59.2 Å². The number of aromatic nitrogens is 2. The van der Waals surface area contributed by atoms with E-state index in [-0.39, 0.29) is 17.2 Å². The van der Waals surface area contributed by atoms with Crippen LogP contribution in [0.1, 0.15) is 57.3 Å². The molecule has 24 heavy (non-hydrogen) atoms. The molecule has 1 saturated heterocycles. The first-order chi connectivity index (χ1) is 11.4. The summed E-state index contributed by atoms with van der Waals surface area (Å²) >= 11 is 0. The van der Waals surface area contributed by atoms with Crippen LogP contribution in [0.4, 0.5) is 0 Å². The first-order valence-electron chi connectivity index (χ1n) is 8.66. The molecule has 1 amide bonds. The number of nitrogens with zero attached hydrogens (tertiary/aromatic N) is 3. The average molecular weight is 325 g/mol. The predicted molar refractivity (Wildman–Crippen MR) is 90.5 cm³/mol. The van der Waals surface area contributed by atoms with E-state index in [2.05, 4.69) is 43.0 Å². The number of likely N-dealkylation sites (tertiary alicyclic amines) is 1. The fraction of sp³-hybridized carbons (Fsp3) is 0.526. The molecule has 1 aromatic heterocycles. The summed E-state index contributed by atoms with van der Waals surface area (Å²) in [6, 6.07) is 8.69. The lowest BCUT2D eigenvalue weighted by Gasteiger charge is -2.19. The Bertz CT molecular complexity index is 771. The lowest BCUT2D eigenvalue weighted by Crippen LogP contribution is -2.27. The minimum absolute atomic E-state index is 0.0569. The second-order valence-corrected chi connectivity index (χ2v) is 7.97. The van der Waals surface area contributed by atoms with Gasteiger partial charge in [-0.15, -0.1) is 0 Å². The van der Waals surface area contributed by atoms with Gasteiger partial charge in [0, 0.05) is 30.5 Å². The Morgan fingerprint density at radius 3 is 2.75 bits per heavy atom. The molecule has 1 aliphatic carbocycles. The Morgan fingerprint density at radius 2 is 2.04 bits per heavy atom. The minimum atomic E-state index is 0.0569. The molecule has 126 valence electrons. The van der Waals surface area contributed by atoms with Crippen LogP contribution in [0.2, 0.25) is 0 Å². The Hall–Kier alpha value is -2.17. The SMILES string of the molecule is CC(C)(C)c1cccc(-c2nc(C3CC(=O)N(C4CC4)C3)no2)c1. The van der Waals surface area contributed by atoms with Crippen molar-refractivity contribution in [2.24, 2.45) is 0 Å². The van der Waals surface area contributed by atoms with E-state index in [1.807, 2.05) is 17.0 Å². The van der Waals surface area contributed by atoms with E-state index in [0.29, 0.717) is 24.2 Å². The summed E-state index contributed by atoms with van der Waals surface area (Å²) in [5.74, 6) is 1.47. The summed E-state index contributed by atoms with van der Waals surface area (Å²) in [6.45, 7) is 7.27. The van der Waals surface area contributed by atoms with Crippen LogP contribution in [-0.2, 0) is 10.2 Å². The molecule has 1 saturated carbocycles. The Labute approximate surface area is 142 Å². The molecular weight excluding hydrogens is 302 g/mol. The Morgan fingerprint density at radius 1 is 1.25 bits per heavy atom. The van der Waals surface area contributed by atoms with E-state index in [4.69, 9.17) is 4.52 Å². The number of hydrogen-bond acceptors (Lipinski definition) is 4. The summed E-state index contributed by atoms with van der Waals surface area (Å²) in [5.41, 5.74) is 2.24. The summed E-state index contributed by atoms with van der Waals surface area (Å²) < 4.78 is 5.49. The lowest BCUT2D eigenvalue weighted by molar-refractivity contribution is -0.128. The van der Waals surface area contributed by atoms with Crippen molar-refractivity contribution in [3.8, 4) is 11.5 Å². The van der Waals surface area contributed by atoms with Crippen LogP contribution in [0.5, 0.6) is 0 Å². The zero-order chi connectivity index (χ0) is 16.9. The quantitative estimate of drug-likeness (QED) is 0.866. The van der Waals surface area contributed by atoms with Gasteiger partial charge < -0.3 is 9.42 Å². The van der Waals surface area contributed by atoms with E-state index in [1.165, 1.54) is 5.56 Å². The van der Waals surface area contributed by atoms with Crippen molar-refractivity contribution in [2.45, 2.75) is 57.4 Å². The standard InChI is InChI=1S/C19H23N3O2/c1-19(2,3)14-6-4-5-12(9-14)18-20-17(21-24-18)13-10-16(23)22(11-13)15-7-8-15/h4-6,9,13,15H,7-8,10-11H2,1-3H3. The molecule has 0 spiro atoms. The van der Waals surface area contributed by atoms with Crippen molar-refractivity contribution >= 4 is 5.91 Å². The molecule has 5 heteroatoms. The third kappa shape index (κ3) is 2.83. The number of benzene rings is 1. The van der Waals surface area contributed by atoms with E-state index < -0.39 is 0 Å². The number of rotatable bonds is 3. The molecule has 4 rings (SSSR count). The number of amides is 1. The second-order valence-electron chi connectivity index (χ2n) is 7.97. The normalized spacial score (nSPS) is 21.5. The molecule has 1 aliphatic heterocycles. The Balaban J connectivity index is 1.56. The number of carbonyl (C=O) groups is 1. The summed E-state index contributed by atoms with van der Waals surface area (Å²) in [6.07, 6.45) is 2.77. The van der Waals surface area contributed by atoms with Gasteiger partial charge in [-0.3, -0.25) is 4.79 Å². The van der Waals surface area contributed by atoms with Gasteiger partial charge in [0.2, 0.25) is 5.91 Å². The zero-order valence-electron chi connectivity index (χ0n) is 14.5. The van der Waals surface area contributed by atoms with Crippen LogP contribution in [0.25, 0.3) is 11.5 Å². The maximum atomic E-state index is 12.1. The first kappa shape index (κ1) is 15.4. The number of hydrogen-bond donors (Lipinski definition) is 0. The molecule has 2 fully saturated rings. The maximum absolute atomic E-state index is 12.1. The van der Waals surface area contributed by atoms with Gasteiger partial charge in [-0.2, -0.15) is 4.98 Å². The smallest absolute Gasteiger partial charge is 0.257 e. The molecule has 0 bridgehead atoms. The van der Waals surface area contributed by atoms with Crippen LogP contribution >= 0.6 is 0 Å². The van der Waals surface area contributed by atoms with E-state index in [0.717, 1.165) is 24.9 Å². The van der Waals surface area contributed by atoms with Crippen LogP contribution in [0.3, 0.4) is 0 Å². The van der Waals surface area contributed by atoms with Crippen molar-refractivity contribution in [2.75, 3.05) is 6.54 Å². The van der Waals surface area contributed by atoms with Gasteiger partial charge in [0.1, 0.15) is 0 Å². The van der Waals surface area contributed by atoms with Crippen LogP contribution in [-0.4, -0.2) is 33.5 Å². The van der Waals surface area contributed by atoms with Crippen LogP contribution < -0.4 is 0 Å². The average Bonchev–Trinajstić information content (AvgIpc) is 3.12. The molecule has 2 heterocycles. The van der Waals surface area contributed by atoms with Crippen molar-refractivity contribution in [3.63, 3.8) is 0 Å². The highest BCUT2D eigenvalue weighted by molar-refractivity contribution is 5.80. The fourth-order valence-electron chi connectivity index (χ4n) is 3.28. The van der Waals surface area contributed by atoms with Gasteiger partial charge in [0.15, 0.2) is 5.82 Å². The Kier molecular flexibility index (Phi) is 3.48. The lowest BCUT2D eigenvalue weighted by atomic mass is 9.86. The van der Waals surface area contributed by atoms with Gasteiger partial charge in [-0.1, -0.05) is 38.1 Å². The second kappa shape index (κ2) is 5.43. The molecule has 1 unspecified atom stereocenters. The van der Waals surface area contributed by atoms with Gasteiger partial charge in [0.05, 0.1) is 0 Å². The summed E-state index contributed by atoms with van der Waals surface area (Å²) in [5, 5.41) is 4.15. The third-order valence-electron chi connectivity index (χ3n) is 4.93. The van der Waals surface area contributed by atoms with Crippen molar-refractivity contribution in [1.82, 2.24) is 15.0 Å². The molecule has 2 aliphatic rings. The van der Waals surface area contributed by atoms with Crippen molar-refractivity contribution in [3.05, 3.63) is 35.7 Å². The van der Waals surface area contributed by atoms with Gasteiger partial charge in [0.25, 0.3) is 5.89 Å². The highest BCUT2D eigenvalue weighted by Gasteiger charge is 2.41. The molecular formula is C19H23N3O2. The van der Waals surface area contributed by atoms with Gasteiger partial charge in [-0.25, -0.2) is 0 Å². The summed E-state index contributed by atoms with van der Waals surface area (Å²) in [4.78, 5) is 18.7. The van der Waals surface area contributed by atoms with E-state index >= 15 is 0 Å². The summed E-state index contributed by atoms with van der Waals surface area (Å²) in [7, 11) is 0. The first-order valence-corrected chi connectivity index (χ1v) is 8.66. The molecule has 1 aromatic carbocycles. The van der Waals surface area contributed by atoms with Crippen LogP contribution in [0, 0.1) is 0 Å². The molecule has 2 aromatic rings. The third-order valence-corrected chi connectivity index (χ3v) is 4.93. The van der Waals surface area contributed by atoms with Crippen molar-refractivity contribution in [1.29, 1.82) is 0 Å². The van der Waals surface area contributed by atoms with E-state index in [1.54, 1.807) is 0 Å². The molecule has 0 N–H and O–H groups in total. The number of carbonyl (C=O) groups excluding carboxylic acids is 1. The van der Waals surface area contributed by atoms with Crippen LogP contribution in [0.15, 0.2) is 28.8 Å². The largest absolute Gasteiger partial charge is 0.339 e. The molecule has 1 atom stereocenters. The highest BCUT2D eigenvalue weighted by Crippen LogP contribution is 2.36.